The smallest absolute Gasteiger partial charge is 0.124 e. The number of nitrogens with two attached hydrogens (primary N) is 1. The first-order valence-electron chi connectivity index (χ1n) is 5.80. The van der Waals surface area contributed by atoms with Crippen molar-refractivity contribution in [3.63, 3.8) is 0 Å². The van der Waals surface area contributed by atoms with Gasteiger partial charge >= 0.3 is 0 Å². The summed E-state index contributed by atoms with van der Waals surface area (Å²) in [6, 6.07) is 5.74. The maximum Gasteiger partial charge on any atom is 0.124 e. The summed E-state index contributed by atoms with van der Waals surface area (Å²) in [7, 11) is 0. The molecule has 0 aliphatic rings. The van der Waals surface area contributed by atoms with Crippen LogP contribution >= 0.6 is 15.9 Å². The fourth-order valence-electron chi connectivity index (χ4n) is 1.90. The van der Waals surface area contributed by atoms with Gasteiger partial charge in [0.25, 0.3) is 0 Å². The molecule has 1 aromatic carbocycles. The molecule has 0 unspecified atom stereocenters. The molecule has 0 radical (unpaired) electrons. The Morgan fingerprint density at radius 2 is 2.28 bits per heavy atom. The molecule has 0 saturated heterocycles. The highest BCUT2D eigenvalue weighted by molar-refractivity contribution is 9.10. The normalized spacial score (nSPS) is 10.6. The van der Waals surface area contributed by atoms with Gasteiger partial charge < -0.3 is 10.3 Å². The van der Waals surface area contributed by atoms with Gasteiger partial charge in [-0.2, -0.15) is 0 Å². The zero-order valence-corrected chi connectivity index (χ0v) is 11.7. The maximum absolute atomic E-state index is 7.67. The van der Waals surface area contributed by atoms with Crippen LogP contribution in [0.25, 0.3) is 5.69 Å². The molecule has 0 aliphatic carbocycles. The molecule has 1 heterocycles. The lowest BCUT2D eigenvalue weighted by molar-refractivity contribution is 0.808. The van der Waals surface area contributed by atoms with Gasteiger partial charge in [0.2, 0.25) is 0 Å². The quantitative estimate of drug-likeness (QED) is 0.673. The number of benzene rings is 1. The van der Waals surface area contributed by atoms with E-state index in [1.807, 2.05) is 29.0 Å². The standard InChI is InChI=1S/C13H15BrN4/c1-2-3-12-17-6-7-18(12)11-5-4-9(14)8-10(11)13(15)16/h4-8H,2-3H2,1H3,(H3,15,16). The summed E-state index contributed by atoms with van der Waals surface area (Å²) in [4.78, 5) is 4.35. The number of nitrogens with one attached hydrogen (secondary N) is 1. The molecule has 2 rings (SSSR count). The molecule has 0 aliphatic heterocycles. The zero-order valence-electron chi connectivity index (χ0n) is 10.2. The van der Waals surface area contributed by atoms with Crippen LogP contribution < -0.4 is 5.73 Å². The van der Waals surface area contributed by atoms with Crippen LogP contribution in [0.3, 0.4) is 0 Å². The first kappa shape index (κ1) is 12.8. The first-order chi connectivity index (χ1) is 8.63. The lowest BCUT2D eigenvalue weighted by Crippen LogP contribution is -2.15. The number of amidine groups is 1. The number of aromatic nitrogens is 2. The van der Waals surface area contributed by atoms with Crippen molar-refractivity contribution in [2.24, 2.45) is 5.73 Å². The molecule has 4 nitrogen and oxygen atoms in total. The van der Waals surface area contributed by atoms with Gasteiger partial charge in [-0.05, 0) is 24.6 Å². The minimum Gasteiger partial charge on any atom is -0.384 e. The van der Waals surface area contributed by atoms with Crippen molar-refractivity contribution >= 4 is 21.8 Å². The monoisotopic (exact) mass is 306 g/mol. The molecular formula is C13H15BrN4. The summed E-state index contributed by atoms with van der Waals surface area (Å²) in [6.07, 6.45) is 5.61. The van der Waals surface area contributed by atoms with Gasteiger partial charge in [0, 0.05) is 28.9 Å². The Bertz CT molecular complexity index is 574. The van der Waals surface area contributed by atoms with Gasteiger partial charge in [-0.1, -0.05) is 22.9 Å². The van der Waals surface area contributed by atoms with Crippen molar-refractivity contribution in [1.82, 2.24) is 9.55 Å². The second-order valence-electron chi connectivity index (χ2n) is 4.04. The van der Waals surface area contributed by atoms with E-state index < -0.39 is 0 Å². The molecule has 2 aromatic rings. The molecule has 5 heteroatoms. The van der Waals surface area contributed by atoms with Gasteiger partial charge in [0.1, 0.15) is 11.7 Å². The molecule has 0 saturated carbocycles. The summed E-state index contributed by atoms with van der Waals surface area (Å²) in [5.74, 6) is 1.05. The Hall–Kier alpha value is -1.62. The van der Waals surface area contributed by atoms with Crippen LogP contribution in [0, 0.1) is 5.41 Å². The van der Waals surface area contributed by atoms with Crippen LogP contribution in [0.15, 0.2) is 35.1 Å². The van der Waals surface area contributed by atoms with Gasteiger partial charge in [0.05, 0.1) is 5.69 Å². The van der Waals surface area contributed by atoms with Crippen LogP contribution in [-0.2, 0) is 6.42 Å². The summed E-state index contributed by atoms with van der Waals surface area (Å²) >= 11 is 3.40. The van der Waals surface area contributed by atoms with Crippen LogP contribution in [0.1, 0.15) is 24.7 Å². The lowest BCUT2D eigenvalue weighted by Gasteiger charge is -2.12. The Labute approximate surface area is 114 Å². The molecule has 0 bridgehead atoms. The van der Waals surface area contributed by atoms with E-state index in [0.717, 1.165) is 28.8 Å². The predicted molar refractivity (Wildman–Crippen MR) is 76.3 cm³/mol. The third-order valence-electron chi connectivity index (χ3n) is 2.70. The number of hydrogen-bond donors (Lipinski definition) is 2. The minimum atomic E-state index is 0.0578. The highest BCUT2D eigenvalue weighted by Gasteiger charge is 2.11. The molecule has 18 heavy (non-hydrogen) atoms. The average molecular weight is 307 g/mol. The Morgan fingerprint density at radius 1 is 1.50 bits per heavy atom. The van der Waals surface area contributed by atoms with Crippen molar-refractivity contribution in [2.75, 3.05) is 0 Å². The number of imidazole rings is 1. The lowest BCUT2D eigenvalue weighted by atomic mass is 10.1. The van der Waals surface area contributed by atoms with Gasteiger partial charge in [-0.15, -0.1) is 0 Å². The summed E-state index contributed by atoms with van der Waals surface area (Å²) in [5.41, 5.74) is 7.25. The molecule has 0 spiro atoms. The fraction of sp³-hybridized carbons (Fsp3) is 0.231. The van der Waals surface area contributed by atoms with Crippen molar-refractivity contribution in [3.05, 3.63) is 46.5 Å². The highest BCUT2D eigenvalue weighted by Crippen LogP contribution is 2.21. The Balaban J connectivity index is 2.56. The molecule has 0 atom stereocenters. The number of rotatable bonds is 4. The number of nitrogens with zero attached hydrogens (tertiary/aromatic N) is 2. The first-order valence-corrected chi connectivity index (χ1v) is 6.59. The number of aryl methyl sites for hydroxylation is 1. The van der Waals surface area contributed by atoms with E-state index >= 15 is 0 Å². The van der Waals surface area contributed by atoms with Crippen molar-refractivity contribution in [3.8, 4) is 5.69 Å². The molecule has 94 valence electrons. The van der Waals surface area contributed by atoms with E-state index in [-0.39, 0.29) is 5.84 Å². The third-order valence-corrected chi connectivity index (χ3v) is 3.19. The number of hydrogen-bond acceptors (Lipinski definition) is 2. The zero-order chi connectivity index (χ0) is 13.1. The Morgan fingerprint density at radius 3 is 2.94 bits per heavy atom. The molecule has 0 amide bonds. The van der Waals surface area contributed by atoms with Crippen LogP contribution in [0.2, 0.25) is 0 Å². The van der Waals surface area contributed by atoms with Crippen LogP contribution in [0.4, 0.5) is 0 Å². The third kappa shape index (κ3) is 2.46. The maximum atomic E-state index is 7.67. The summed E-state index contributed by atoms with van der Waals surface area (Å²) < 4.78 is 2.90. The topological polar surface area (TPSA) is 67.7 Å². The van der Waals surface area contributed by atoms with E-state index in [2.05, 4.69) is 27.8 Å². The fourth-order valence-corrected chi connectivity index (χ4v) is 2.26. The molecule has 1 aromatic heterocycles. The summed E-state index contributed by atoms with van der Waals surface area (Å²) in [6.45, 7) is 2.12. The second kappa shape index (κ2) is 5.35. The summed E-state index contributed by atoms with van der Waals surface area (Å²) in [5, 5.41) is 7.67. The average Bonchev–Trinajstić information content (AvgIpc) is 2.77. The molecule has 0 fully saturated rings. The van der Waals surface area contributed by atoms with Crippen molar-refractivity contribution in [2.45, 2.75) is 19.8 Å². The highest BCUT2D eigenvalue weighted by atomic mass is 79.9. The van der Waals surface area contributed by atoms with E-state index in [0.29, 0.717) is 5.56 Å². The SMILES string of the molecule is CCCc1nccn1-c1ccc(Br)cc1C(=N)N. The van der Waals surface area contributed by atoms with Crippen LogP contribution in [0.5, 0.6) is 0 Å². The molecule has 3 N–H and O–H groups in total. The number of nitrogen functional groups attached to an aromatic ring is 1. The largest absolute Gasteiger partial charge is 0.384 e. The van der Waals surface area contributed by atoms with Crippen LogP contribution in [-0.4, -0.2) is 15.4 Å². The second-order valence-corrected chi connectivity index (χ2v) is 4.95. The Kier molecular flexibility index (Phi) is 3.81. The van der Waals surface area contributed by atoms with Crippen molar-refractivity contribution in [1.29, 1.82) is 5.41 Å². The van der Waals surface area contributed by atoms with Gasteiger partial charge in [-0.3, -0.25) is 5.41 Å². The number of halogens is 1. The van der Waals surface area contributed by atoms with E-state index in [9.17, 15) is 0 Å². The van der Waals surface area contributed by atoms with E-state index in [1.165, 1.54) is 0 Å². The van der Waals surface area contributed by atoms with E-state index in [1.54, 1.807) is 6.20 Å². The predicted octanol–water partition coefficient (Wildman–Crippen LogP) is 2.87. The minimum absolute atomic E-state index is 0.0578. The molecular weight excluding hydrogens is 292 g/mol. The van der Waals surface area contributed by atoms with Gasteiger partial charge in [-0.25, -0.2) is 4.98 Å². The van der Waals surface area contributed by atoms with Gasteiger partial charge in [0.15, 0.2) is 0 Å². The van der Waals surface area contributed by atoms with Crippen molar-refractivity contribution < 1.29 is 0 Å². The van der Waals surface area contributed by atoms with E-state index in [4.69, 9.17) is 11.1 Å².